The van der Waals surface area contributed by atoms with E-state index in [0.717, 1.165) is 63.7 Å². The molecule has 1 N–H and O–H groups in total. The van der Waals surface area contributed by atoms with Crippen LogP contribution in [-0.2, 0) is 17.8 Å². The van der Waals surface area contributed by atoms with E-state index >= 15 is 0 Å². The average Bonchev–Trinajstić information content (AvgIpc) is 2.68. The maximum Gasteiger partial charge on any atom is 0.134 e. The van der Waals surface area contributed by atoms with Crippen LogP contribution in [0.4, 0.5) is 0 Å². The van der Waals surface area contributed by atoms with Crippen molar-refractivity contribution in [1.82, 2.24) is 10.2 Å². The van der Waals surface area contributed by atoms with Gasteiger partial charge in [-0.25, -0.2) is 0 Å². The molecule has 0 amide bonds. The molecule has 2 aromatic rings. The first-order valence-electron chi connectivity index (χ1n) is 7.88. The van der Waals surface area contributed by atoms with Crippen molar-refractivity contribution in [3.8, 4) is 0 Å². The predicted molar refractivity (Wildman–Crippen MR) is 84.3 cm³/mol. The van der Waals surface area contributed by atoms with E-state index in [1.807, 2.05) is 6.07 Å². The van der Waals surface area contributed by atoms with E-state index in [1.165, 1.54) is 10.9 Å². The van der Waals surface area contributed by atoms with Crippen LogP contribution in [-0.4, -0.2) is 37.7 Å². The third-order valence-corrected chi connectivity index (χ3v) is 4.01. The first kappa shape index (κ1) is 14.6. The van der Waals surface area contributed by atoms with E-state index in [9.17, 15) is 0 Å². The van der Waals surface area contributed by atoms with Crippen LogP contribution in [0.25, 0.3) is 11.0 Å². The Balaban J connectivity index is 1.86. The van der Waals surface area contributed by atoms with Gasteiger partial charge in [-0.3, -0.25) is 4.90 Å². The summed E-state index contributed by atoms with van der Waals surface area (Å²) in [6.07, 6.45) is 1.11. The van der Waals surface area contributed by atoms with Crippen LogP contribution in [0.5, 0.6) is 0 Å². The zero-order chi connectivity index (χ0) is 14.5. The van der Waals surface area contributed by atoms with Gasteiger partial charge >= 0.3 is 0 Å². The fourth-order valence-corrected chi connectivity index (χ4v) is 2.88. The third kappa shape index (κ3) is 3.46. The molecular weight excluding hydrogens is 264 g/mol. The maximum atomic E-state index is 6.05. The number of hydrogen-bond donors (Lipinski definition) is 1. The topological polar surface area (TPSA) is 37.6 Å². The van der Waals surface area contributed by atoms with Gasteiger partial charge in [-0.15, -0.1) is 0 Å². The SMILES string of the molecule is CCNCc1oc2ccccc2c1CN1CCCOCC1. The van der Waals surface area contributed by atoms with E-state index in [2.05, 4.69) is 35.3 Å². The fourth-order valence-electron chi connectivity index (χ4n) is 2.88. The molecule has 0 saturated carbocycles. The second-order valence-corrected chi connectivity index (χ2v) is 5.52. The van der Waals surface area contributed by atoms with Crippen molar-refractivity contribution in [1.29, 1.82) is 0 Å². The lowest BCUT2D eigenvalue weighted by atomic mass is 10.1. The van der Waals surface area contributed by atoms with Crippen LogP contribution < -0.4 is 5.32 Å². The van der Waals surface area contributed by atoms with Crippen molar-refractivity contribution in [3.63, 3.8) is 0 Å². The molecule has 3 rings (SSSR count). The highest BCUT2D eigenvalue weighted by Crippen LogP contribution is 2.27. The quantitative estimate of drug-likeness (QED) is 0.918. The Morgan fingerprint density at radius 2 is 2.10 bits per heavy atom. The summed E-state index contributed by atoms with van der Waals surface area (Å²) in [4.78, 5) is 2.47. The molecule has 1 aromatic heterocycles. The van der Waals surface area contributed by atoms with Gasteiger partial charge in [0.25, 0.3) is 0 Å². The maximum absolute atomic E-state index is 6.05. The lowest BCUT2D eigenvalue weighted by Crippen LogP contribution is -2.26. The van der Waals surface area contributed by atoms with Crippen LogP contribution in [0.1, 0.15) is 24.7 Å². The lowest BCUT2D eigenvalue weighted by molar-refractivity contribution is 0.140. The Bertz CT molecular complexity index is 571. The van der Waals surface area contributed by atoms with Gasteiger partial charge < -0.3 is 14.5 Å². The summed E-state index contributed by atoms with van der Waals surface area (Å²) in [6, 6.07) is 8.34. The van der Waals surface area contributed by atoms with E-state index < -0.39 is 0 Å². The zero-order valence-corrected chi connectivity index (χ0v) is 12.7. The number of para-hydroxylation sites is 1. The van der Waals surface area contributed by atoms with Crippen LogP contribution in [0.2, 0.25) is 0 Å². The number of furan rings is 1. The number of fused-ring (bicyclic) bond motifs is 1. The van der Waals surface area contributed by atoms with Crippen molar-refractivity contribution in [3.05, 3.63) is 35.6 Å². The molecule has 0 atom stereocenters. The number of rotatable bonds is 5. The highest BCUT2D eigenvalue weighted by molar-refractivity contribution is 5.82. The Hall–Kier alpha value is -1.36. The summed E-state index contributed by atoms with van der Waals surface area (Å²) in [5.41, 5.74) is 2.32. The number of benzene rings is 1. The highest BCUT2D eigenvalue weighted by atomic mass is 16.5. The van der Waals surface area contributed by atoms with Gasteiger partial charge in [0.15, 0.2) is 0 Å². The smallest absolute Gasteiger partial charge is 0.134 e. The van der Waals surface area contributed by atoms with Gasteiger partial charge in [0.05, 0.1) is 13.2 Å². The van der Waals surface area contributed by atoms with E-state index in [0.29, 0.717) is 0 Å². The summed E-state index contributed by atoms with van der Waals surface area (Å²) in [6.45, 7) is 8.62. The molecular formula is C17H24N2O2. The van der Waals surface area contributed by atoms with Crippen molar-refractivity contribution in [2.75, 3.05) is 32.8 Å². The largest absolute Gasteiger partial charge is 0.459 e. The molecule has 21 heavy (non-hydrogen) atoms. The predicted octanol–water partition coefficient (Wildman–Crippen LogP) is 2.76. The van der Waals surface area contributed by atoms with Crippen molar-refractivity contribution < 1.29 is 9.15 Å². The summed E-state index contributed by atoms with van der Waals surface area (Å²) in [7, 11) is 0. The number of nitrogens with one attached hydrogen (secondary N) is 1. The summed E-state index contributed by atoms with van der Waals surface area (Å²) in [5, 5.41) is 4.62. The lowest BCUT2D eigenvalue weighted by Gasteiger charge is -2.19. The van der Waals surface area contributed by atoms with Gasteiger partial charge in [0.1, 0.15) is 11.3 Å². The van der Waals surface area contributed by atoms with E-state index in [4.69, 9.17) is 9.15 Å². The molecule has 1 fully saturated rings. The molecule has 1 saturated heterocycles. The standard InChI is InChI=1S/C17H24N2O2/c1-2-18-12-17-15(13-19-8-5-10-20-11-9-19)14-6-3-4-7-16(14)21-17/h3-4,6-7,18H,2,5,8-13H2,1H3. The van der Waals surface area contributed by atoms with Gasteiger partial charge in [0.2, 0.25) is 0 Å². The summed E-state index contributed by atoms with van der Waals surface area (Å²) < 4.78 is 11.6. The number of ether oxygens (including phenoxy) is 1. The van der Waals surface area contributed by atoms with Gasteiger partial charge in [-0.1, -0.05) is 25.1 Å². The van der Waals surface area contributed by atoms with Crippen LogP contribution >= 0.6 is 0 Å². The first-order valence-corrected chi connectivity index (χ1v) is 7.88. The van der Waals surface area contributed by atoms with Gasteiger partial charge in [0, 0.05) is 37.2 Å². The molecule has 1 aliphatic heterocycles. The average molecular weight is 288 g/mol. The van der Waals surface area contributed by atoms with Crippen molar-refractivity contribution in [2.45, 2.75) is 26.4 Å². The molecule has 1 aromatic carbocycles. The van der Waals surface area contributed by atoms with Crippen LogP contribution in [0, 0.1) is 0 Å². The second kappa shape index (κ2) is 7.07. The highest BCUT2D eigenvalue weighted by Gasteiger charge is 2.17. The van der Waals surface area contributed by atoms with E-state index in [-0.39, 0.29) is 0 Å². The number of hydrogen-bond acceptors (Lipinski definition) is 4. The Morgan fingerprint density at radius 3 is 3.00 bits per heavy atom. The molecule has 0 bridgehead atoms. The van der Waals surface area contributed by atoms with Gasteiger partial charge in [-0.2, -0.15) is 0 Å². The normalized spacial score (nSPS) is 17.2. The van der Waals surface area contributed by atoms with Crippen LogP contribution in [0.15, 0.2) is 28.7 Å². The molecule has 0 spiro atoms. The molecule has 1 aliphatic rings. The summed E-state index contributed by atoms with van der Waals surface area (Å²) >= 11 is 0. The van der Waals surface area contributed by atoms with Crippen molar-refractivity contribution >= 4 is 11.0 Å². The van der Waals surface area contributed by atoms with Crippen LogP contribution in [0.3, 0.4) is 0 Å². The Morgan fingerprint density at radius 1 is 1.19 bits per heavy atom. The number of nitrogens with zero attached hydrogens (tertiary/aromatic N) is 1. The Labute approximate surface area is 126 Å². The third-order valence-electron chi connectivity index (χ3n) is 4.01. The Kier molecular flexibility index (Phi) is 4.91. The molecule has 4 nitrogen and oxygen atoms in total. The second-order valence-electron chi connectivity index (χ2n) is 5.52. The molecule has 2 heterocycles. The minimum atomic E-state index is 0.796. The molecule has 0 unspecified atom stereocenters. The zero-order valence-electron chi connectivity index (χ0n) is 12.7. The molecule has 4 heteroatoms. The molecule has 114 valence electrons. The molecule has 0 radical (unpaired) electrons. The van der Waals surface area contributed by atoms with E-state index in [1.54, 1.807) is 0 Å². The summed E-state index contributed by atoms with van der Waals surface area (Å²) in [5.74, 6) is 1.07. The van der Waals surface area contributed by atoms with Gasteiger partial charge in [-0.05, 0) is 19.0 Å². The minimum absolute atomic E-state index is 0.796. The fraction of sp³-hybridized carbons (Fsp3) is 0.529. The molecule has 0 aliphatic carbocycles. The monoisotopic (exact) mass is 288 g/mol. The minimum Gasteiger partial charge on any atom is -0.459 e. The first-order chi connectivity index (χ1) is 10.4. The van der Waals surface area contributed by atoms with Crippen molar-refractivity contribution in [2.24, 2.45) is 0 Å².